The van der Waals surface area contributed by atoms with E-state index in [1.807, 2.05) is 13.0 Å². The highest BCUT2D eigenvalue weighted by molar-refractivity contribution is 5.43. The first kappa shape index (κ1) is 11.1. The Labute approximate surface area is 96.3 Å². The normalized spacial score (nSPS) is 16.2. The zero-order valence-electron chi connectivity index (χ0n) is 9.95. The Bertz CT molecular complexity index is 346. The molecular formula is C11H19N5. The average molecular weight is 221 g/mol. The topological polar surface area (TPSA) is 53.1 Å². The van der Waals surface area contributed by atoms with Gasteiger partial charge in [-0.2, -0.15) is 4.98 Å². The summed E-state index contributed by atoms with van der Waals surface area (Å²) in [7, 11) is 0. The minimum absolute atomic E-state index is 0.845. The van der Waals surface area contributed by atoms with Gasteiger partial charge in [0.25, 0.3) is 0 Å². The van der Waals surface area contributed by atoms with E-state index in [0.717, 1.165) is 50.2 Å². The third-order valence-corrected chi connectivity index (χ3v) is 2.60. The van der Waals surface area contributed by atoms with Crippen molar-refractivity contribution in [2.75, 3.05) is 42.9 Å². The van der Waals surface area contributed by atoms with Crippen LogP contribution in [0.4, 0.5) is 11.8 Å². The maximum Gasteiger partial charge on any atom is 0.227 e. The number of rotatable bonds is 3. The lowest BCUT2D eigenvalue weighted by Gasteiger charge is -2.27. The molecule has 0 aromatic carbocycles. The van der Waals surface area contributed by atoms with Crippen molar-refractivity contribution in [1.29, 1.82) is 0 Å². The van der Waals surface area contributed by atoms with Crippen LogP contribution in [0.5, 0.6) is 0 Å². The molecule has 0 radical (unpaired) electrons. The molecule has 0 spiro atoms. The van der Waals surface area contributed by atoms with Gasteiger partial charge in [-0.05, 0) is 13.8 Å². The smallest absolute Gasteiger partial charge is 0.227 e. The summed E-state index contributed by atoms with van der Waals surface area (Å²) in [4.78, 5) is 11.2. The molecule has 2 heterocycles. The molecule has 0 unspecified atom stereocenters. The maximum atomic E-state index is 4.52. The second-order valence-electron chi connectivity index (χ2n) is 3.96. The van der Waals surface area contributed by atoms with Gasteiger partial charge in [0.05, 0.1) is 0 Å². The Kier molecular flexibility index (Phi) is 3.56. The van der Waals surface area contributed by atoms with Crippen LogP contribution >= 0.6 is 0 Å². The molecule has 1 aromatic heterocycles. The van der Waals surface area contributed by atoms with Gasteiger partial charge in [-0.25, -0.2) is 4.98 Å². The van der Waals surface area contributed by atoms with Crippen LogP contribution in [-0.2, 0) is 0 Å². The molecule has 0 aliphatic carbocycles. The fraction of sp³-hybridized carbons (Fsp3) is 0.636. The van der Waals surface area contributed by atoms with E-state index in [1.165, 1.54) is 0 Å². The van der Waals surface area contributed by atoms with E-state index >= 15 is 0 Å². The predicted molar refractivity (Wildman–Crippen MR) is 66.0 cm³/mol. The lowest BCUT2D eigenvalue weighted by atomic mass is 10.3. The molecule has 5 heteroatoms. The van der Waals surface area contributed by atoms with Gasteiger partial charge in [-0.3, -0.25) is 0 Å². The fourth-order valence-corrected chi connectivity index (χ4v) is 1.83. The molecule has 1 saturated heterocycles. The van der Waals surface area contributed by atoms with Crippen LogP contribution < -0.4 is 15.5 Å². The van der Waals surface area contributed by atoms with E-state index in [1.54, 1.807) is 0 Å². The summed E-state index contributed by atoms with van der Waals surface area (Å²) < 4.78 is 0. The Morgan fingerprint density at radius 1 is 1.38 bits per heavy atom. The molecule has 5 nitrogen and oxygen atoms in total. The van der Waals surface area contributed by atoms with Gasteiger partial charge >= 0.3 is 0 Å². The van der Waals surface area contributed by atoms with Crippen molar-refractivity contribution < 1.29 is 0 Å². The monoisotopic (exact) mass is 221 g/mol. The minimum Gasteiger partial charge on any atom is -0.370 e. The summed E-state index contributed by atoms with van der Waals surface area (Å²) in [6.07, 6.45) is 0. The molecule has 0 amide bonds. The van der Waals surface area contributed by atoms with Gasteiger partial charge in [0.2, 0.25) is 5.95 Å². The molecule has 0 bridgehead atoms. The summed E-state index contributed by atoms with van der Waals surface area (Å²) in [6.45, 7) is 8.94. The van der Waals surface area contributed by atoms with Crippen molar-refractivity contribution in [3.63, 3.8) is 0 Å². The second-order valence-corrected chi connectivity index (χ2v) is 3.96. The largest absolute Gasteiger partial charge is 0.370 e. The van der Waals surface area contributed by atoms with Crippen molar-refractivity contribution >= 4 is 11.8 Å². The highest BCUT2D eigenvalue weighted by Gasteiger charge is 2.13. The number of nitrogens with one attached hydrogen (secondary N) is 2. The third-order valence-electron chi connectivity index (χ3n) is 2.60. The molecule has 0 saturated carbocycles. The molecule has 1 fully saturated rings. The zero-order chi connectivity index (χ0) is 11.4. The van der Waals surface area contributed by atoms with E-state index in [0.29, 0.717) is 0 Å². The van der Waals surface area contributed by atoms with E-state index in [-0.39, 0.29) is 0 Å². The molecule has 16 heavy (non-hydrogen) atoms. The molecule has 88 valence electrons. The maximum absolute atomic E-state index is 4.52. The number of hydrogen-bond acceptors (Lipinski definition) is 5. The molecule has 2 N–H and O–H groups in total. The van der Waals surface area contributed by atoms with Crippen LogP contribution in [-0.4, -0.2) is 42.7 Å². The Hall–Kier alpha value is -1.36. The summed E-state index contributed by atoms with van der Waals surface area (Å²) >= 11 is 0. The predicted octanol–water partition coefficient (Wildman–Crippen LogP) is 0.626. The molecule has 2 rings (SSSR count). The van der Waals surface area contributed by atoms with E-state index in [9.17, 15) is 0 Å². The van der Waals surface area contributed by atoms with Crippen LogP contribution in [0, 0.1) is 6.92 Å². The summed E-state index contributed by atoms with van der Waals surface area (Å²) in [5, 5.41) is 6.56. The van der Waals surface area contributed by atoms with Crippen LogP contribution in [0.2, 0.25) is 0 Å². The molecule has 1 aliphatic rings. The summed E-state index contributed by atoms with van der Waals surface area (Å²) in [5.41, 5.74) is 1.01. The van der Waals surface area contributed by atoms with Gasteiger partial charge in [-0.1, -0.05) is 0 Å². The highest BCUT2D eigenvalue weighted by Crippen LogP contribution is 2.13. The average Bonchev–Trinajstić information content (AvgIpc) is 2.30. The Morgan fingerprint density at radius 2 is 2.12 bits per heavy atom. The quantitative estimate of drug-likeness (QED) is 0.784. The number of nitrogens with zero attached hydrogens (tertiary/aromatic N) is 3. The summed E-state index contributed by atoms with van der Waals surface area (Å²) in [5.74, 6) is 1.76. The van der Waals surface area contributed by atoms with Crippen LogP contribution in [0.3, 0.4) is 0 Å². The number of aromatic nitrogens is 2. The fourth-order valence-electron chi connectivity index (χ4n) is 1.83. The third kappa shape index (κ3) is 2.61. The van der Waals surface area contributed by atoms with E-state index in [4.69, 9.17) is 0 Å². The van der Waals surface area contributed by atoms with Crippen molar-refractivity contribution in [3.05, 3.63) is 11.8 Å². The highest BCUT2D eigenvalue weighted by atomic mass is 15.3. The Morgan fingerprint density at radius 3 is 2.81 bits per heavy atom. The summed E-state index contributed by atoms with van der Waals surface area (Å²) in [6, 6.07) is 1.98. The molecule has 1 aliphatic heterocycles. The molecular weight excluding hydrogens is 202 g/mol. The van der Waals surface area contributed by atoms with Gasteiger partial charge in [0.15, 0.2) is 0 Å². The van der Waals surface area contributed by atoms with Gasteiger partial charge in [0.1, 0.15) is 5.82 Å². The van der Waals surface area contributed by atoms with Crippen molar-refractivity contribution in [2.45, 2.75) is 13.8 Å². The second kappa shape index (κ2) is 5.12. The van der Waals surface area contributed by atoms with Crippen LogP contribution in [0.25, 0.3) is 0 Å². The van der Waals surface area contributed by atoms with Crippen molar-refractivity contribution in [3.8, 4) is 0 Å². The van der Waals surface area contributed by atoms with E-state index < -0.39 is 0 Å². The number of piperazine rings is 1. The minimum atomic E-state index is 0.845. The first-order valence-electron chi connectivity index (χ1n) is 5.85. The number of hydrogen-bond donors (Lipinski definition) is 2. The lowest BCUT2D eigenvalue weighted by molar-refractivity contribution is 0.579. The number of anilines is 2. The van der Waals surface area contributed by atoms with Gasteiger partial charge in [-0.15, -0.1) is 0 Å². The molecule has 1 aromatic rings. The number of aryl methyl sites for hydroxylation is 1. The first-order chi connectivity index (χ1) is 7.79. The van der Waals surface area contributed by atoms with E-state index in [2.05, 4.69) is 32.4 Å². The zero-order valence-corrected chi connectivity index (χ0v) is 9.95. The van der Waals surface area contributed by atoms with Crippen LogP contribution in [0.15, 0.2) is 6.07 Å². The lowest BCUT2D eigenvalue weighted by Crippen LogP contribution is -2.44. The SMILES string of the molecule is CCNc1cc(C)nc(N2CCNCC2)n1. The first-order valence-corrected chi connectivity index (χ1v) is 5.85. The van der Waals surface area contributed by atoms with Crippen molar-refractivity contribution in [2.24, 2.45) is 0 Å². The standard InChI is InChI=1S/C11H19N5/c1-3-13-10-8-9(2)14-11(15-10)16-6-4-12-5-7-16/h8,12H,3-7H2,1-2H3,(H,13,14,15). The molecule has 0 atom stereocenters. The van der Waals surface area contributed by atoms with Crippen molar-refractivity contribution in [1.82, 2.24) is 15.3 Å². The van der Waals surface area contributed by atoms with Crippen LogP contribution in [0.1, 0.15) is 12.6 Å². The van der Waals surface area contributed by atoms with Gasteiger partial charge < -0.3 is 15.5 Å². The Balaban J connectivity index is 2.18. The van der Waals surface area contributed by atoms with Gasteiger partial charge in [0, 0.05) is 44.5 Å².